The van der Waals surface area contributed by atoms with Gasteiger partial charge in [0.05, 0.1) is 0 Å². The number of rotatable bonds is 6. The number of hydrogen-bond donors (Lipinski definition) is 2. The van der Waals surface area contributed by atoms with Crippen molar-refractivity contribution in [2.24, 2.45) is 17.1 Å². The molecule has 3 N–H and O–H groups in total. The van der Waals surface area contributed by atoms with Crippen molar-refractivity contribution in [3.05, 3.63) is 0 Å². The van der Waals surface area contributed by atoms with Crippen LogP contribution in [0.4, 0.5) is 0 Å². The Hall–Kier alpha value is -0.0800. The van der Waals surface area contributed by atoms with Gasteiger partial charge in [-0.1, -0.05) is 34.6 Å². The molecule has 0 fully saturated rings. The van der Waals surface area contributed by atoms with E-state index in [0.717, 1.165) is 25.9 Å². The Balaban J connectivity index is 3.46. The lowest BCUT2D eigenvalue weighted by molar-refractivity contribution is 0.252. The Bertz CT molecular complexity index is 138. The van der Waals surface area contributed by atoms with Gasteiger partial charge in [0.25, 0.3) is 0 Å². The van der Waals surface area contributed by atoms with Gasteiger partial charge in [-0.05, 0) is 37.3 Å². The van der Waals surface area contributed by atoms with Crippen LogP contribution < -0.4 is 11.1 Å². The van der Waals surface area contributed by atoms with E-state index in [1.54, 1.807) is 0 Å². The van der Waals surface area contributed by atoms with Crippen LogP contribution in [0.3, 0.4) is 0 Å². The van der Waals surface area contributed by atoms with Crippen LogP contribution in [0, 0.1) is 11.3 Å². The molecule has 0 heterocycles. The lowest BCUT2D eigenvalue weighted by Crippen LogP contribution is -2.32. The highest BCUT2D eigenvalue weighted by atomic mass is 14.9. The van der Waals surface area contributed by atoms with Crippen molar-refractivity contribution in [3.8, 4) is 0 Å². The summed E-state index contributed by atoms with van der Waals surface area (Å²) in [6, 6.07) is 0.368. The van der Waals surface area contributed by atoms with Gasteiger partial charge in [-0.15, -0.1) is 0 Å². The molecule has 0 aliphatic rings. The fourth-order valence-corrected chi connectivity index (χ4v) is 1.12. The fourth-order valence-electron chi connectivity index (χ4n) is 1.12. The second-order valence-corrected chi connectivity index (χ2v) is 5.43. The van der Waals surface area contributed by atoms with Crippen LogP contribution in [0.15, 0.2) is 0 Å². The number of hydrogen-bond acceptors (Lipinski definition) is 2. The van der Waals surface area contributed by atoms with E-state index in [9.17, 15) is 0 Å². The van der Waals surface area contributed by atoms with Gasteiger partial charge in [-0.2, -0.15) is 0 Å². The highest BCUT2D eigenvalue weighted by Gasteiger charge is 2.18. The van der Waals surface area contributed by atoms with Gasteiger partial charge in [0.15, 0.2) is 0 Å². The Morgan fingerprint density at radius 1 is 1.29 bits per heavy atom. The van der Waals surface area contributed by atoms with E-state index in [1.165, 1.54) is 0 Å². The zero-order valence-corrected chi connectivity index (χ0v) is 10.6. The lowest BCUT2D eigenvalue weighted by atomic mass is 9.82. The van der Waals surface area contributed by atoms with Crippen molar-refractivity contribution in [1.82, 2.24) is 5.32 Å². The Morgan fingerprint density at radius 3 is 2.29 bits per heavy atom. The van der Waals surface area contributed by atoms with Crippen molar-refractivity contribution >= 4 is 0 Å². The van der Waals surface area contributed by atoms with E-state index < -0.39 is 0 Å². The molecule has 2 nitrogen and oxygen atoms in total. The molecule has 0 saturated carbocycles. The van der Waals surface area contributed by atoms with Gasteiger partial charge < -0.3 is 11.1 Å². The largest absolute Gasteiger partial charge is 0.328 e. The molecular formula is C12H28N2. The smallest absolute Gasteiger partial charge is 0.00482 e. The van der Waals surface area contributed by atoms with Gasteiger partial charge in [-0.3, -0.25) is 0 Å². The molecule has 0 spiro atoms. The first-order chi connectivity index (χ1) is 6.38. The minimum atomic E-state index is 0.368. The Morgan fingerprint density at radius 2 is 1.86 bits per heavy atom. The van der Waals surface area contributed by atoms with Gasteiger partial charge in [0, 0.05) is 6.04 Å². The summed E-state index contributed by atoms with van der Waals surface area (Å²) in [6.45, 7) is 13.5. The normalized spacial score (nSPS) is 16.7. The van der Waals surface area contributed by atoms with E-state index in [-0.39, 0.29) is 0 Å². The third kappa shape index (κ3) is 6.39. The van der Waals surface area contributed by atoms with E-state index in [2.05, 4.69) is 39.9 Å². The quantitative estimate of drug-likeness (QED) is 0.646. The minimum Gasteiger partial charge on any atom is -0.328 e. The van der Waals surface area contributed by atoms with E-state index in [4.69, 9.17) is 5.73 Å². The van der Waals surface area contributed by atoms with Gasteiger partial charge in [0.2, 0.25) is 0 Å². The molecule has 2 heteroatoms. The third-order valence-corrected chi connectivity index (χ3v) is 3.15. The van der Waals surface area contributed by atoms with E-state index >= 15 is 0 Å². The van der Waals surface area contributed by atoms with Crippen molar-refractivity contribution in [2.75, 3.05) is 13.1 Å². The van der Waals surface area contributed by atoms with Crippen molar-refractivity contribution < 1.29 is 0 Å². The molecule has 0 aromatic carbocycles. The molecule has 14 heavy (non-hydrogen) atoms. The van der Waals surface area contributed by atoms with Crippen LogP contribution in [-0.2, 0) is 0 Å². The molecule has 0 aliphatic heterocycles. The summed E-state index contributed by atoms with van der Waals surface area (Å²) in [5.74, 6) is 0.709. The van der Waals surface area contributed by atoms with Crippen molar-refractivity contribution in [3.63, 3.8) is 0 Å². The molecule has 0 saturated heterocycles. The summed E-state index contributed by atoms with van der Waals surface area (Å²) >= 11 is 0. The summed E-state index contributed by atoms with van der Waals surface area (Å²) in [4.78, 5) is 0. The SMILES string of the molecule is CCC(N)CCNCC(C)C(C)(C)C. The second kappa shape index (κ2) is 6.41. The average molecular weight is 200 g/mol. The van der Waals surface area contributed by atoms with Crippen molar-refractivity contribution in [1.29, 1.82) is 0 Å². The predicted octanol–water partition coefficient (Wildman–Crippen LogP) is 2.39. The highest BCUT2D eigenvalue weighted by molar-refractivity contribution is 4.72. The summed E-state index contributed by atoms with van der Waals surface area (Å²) in [5, 5.41) is 3.48. The van der Waals surface area contributed by atoms with Gasteiger partial charge in [0.1, 0.15) is 0 Å². The van der Waals surface area contributed by atoms with Crippen LogP contribution in [0.1, 0.15) is 47.5 Å². The monoisotopic (exact) mass is 200 g/mol. The summed E-state index contributed by atoms with van der Waals surface area (Å²) in [7, 11) is 0. The molecular weight excluding hydrogens is 172 g/mol. The van der Waals surface area contributed by atoms with Crippen LogP contribution >= 0.6 is 0 Å². The molecule has 0 aromatic heterocycles. The molecule has 2 unspecified atom stereocenters. The standard InChI is InChI=1S/C12H28N2/c1-6-11(13)7-8-14-9-10(2)12(3,4)5/h10-11,14H,6-9,13H2,1-5H3. The highest BCUT2D eigenvalue weighted by Crippen LogP contribution is 2.24. The molecule has 0 radical (unpaired) electrons. The first kappa shape index (κ1) is 13.9. The number of nitrogens with one attached hydrogen (secondary N) is 1. The van der Waals surface area contributed by atoms with Gasteiger partial charge >= 0.3 is 0 Å². The molecule has 0 aromatic rings. The lowest BCUT2D eigenvalue weighted by Gasteiger charge is -2.27. The minimum absolute atomic E-state index is 0.368. The summed E-state index contributed by atoms with van der Waals surface area (Å²) in [5.41, 5.74) is 6.24. The third-order valence-electron chi connectivity index (χ3n) is 3.15. The maximum atomic E-state index is 5.84. The fraction of sp³-hybridized carbons (Fsp3) is 1.00. The Kier molecular flexibility index (Phi) is 6.38. The van der Waals surface area contributed by atoms with Crippen LogP contribution in [0.2, 0.25) is 0 Å². The molecule has 86 valence electrons. The number of nitrogens with two attached hydrogens (primary N) is 1. The predicted molar refractivity (Wildman–Crippen MR) is 64.4 cm³/mol. The molecule has 2 atom stereocenters. The van der Waals surface area contributed by atoms with Crippen molar-refractivity contribution in [2.45, 2.75) is 53.5 Å². The first-order valence-electron chi connectivity index (χ1n) is 5.84. The second-order valence-electron chi connectivity index (χ2n) is 5.43. The molecule has 0 rings (SSSR count). The molecule has 0 amide bonds. The van der Waals surface area contributed by atoms with Crippen LogP contribution in [0.25, 0.3) is 0 Å². The Labute approximate surface area is 89.6 Å². The summed E-state index contributed by atoms with van der Waals surface area (Å²) in [6.07, 6.45) is 2.17. The first-order valence-corrected chi connectivity index (χ1v) is 5.84. The maximum absolute atomic E-state index is 5.84. The zero-order valence-electron chi connectivity index (χ0n) is 10.6. The van der Waals surface area contributed by atoms with E-state index in [0.29, 0.717) is 17.4 Å². The topological polar surface area (TPSA) is 38.0 Å². The maximum Gasteiger partial charge on any atom is 0.00482 e. The summed E-state index contributed by atoms with van der Waals surface area (Å²) < 4.78 is 0. The zero-order chi connectivity index (χ0) is 11.2. The molecule has 0 aliphatic carbocycles. The average Bonchev–Trinajstić information content (AvgIpc) is 2.09. The van der Waals surface area contributed by atoms with E-state index in [1.807, 2.05) is 0 Å². The van der Waals surface area contributed by atoms with Crippen LogP contribution in [-0.4, -0.2) is 19.1 Å². The van der Waals surface area contributed by atoms with Crippen LogP contribution in [0.5, 0.6) is 0 Å². The van der Waals surface area contributed by atoms with Gasteiger partial charge in [-0.25, -0.2) is 0 Å². The molecule has 0 bridgehead atoms.